The fourth-order valence-corrected chi connectivity index (χ4v) is 2.78. The monoisotopic (exact) mass is 237 g/mol. The average Bonchev–Trinajstić information content (AvgIpc) is 2.43. The zero-order chi connectivity index (χ0) is 12.4. The lowest BCUT2D eigenvalue weighted by atomic mass is 9.96. The zero-order valence-electron chi connectivity index (χ0n) is 10.8. The first kappa shape index (κ1) is 11.3. The average molecular weight is 237 g/mol. The second-order valence-electron chi connectivity index (χ2n) is 5.13. The molecule has 1 nitrogen and oxygen atoms in total. The summed E-state index contributed by atoms with van der Waals surface area (Å²) in [5.41, 5.74) is 4.30. The molecule has 0 radical (unpaired) electrons. The van der Waals surface area contributed by atoms with Crippen LogP contribution in [0.2, 0.25) is 0 Å². The molecule has 0 saturated carbocycles. The van der Waals surface area contributed by atoms with Crippen LogP contribution in [0, 0.1) is 0 Å². The van der Waals surface area contributed by atoms with Crippen molar-refractivity contribution in [2.75, 3.05) is 4.90 Å². The molecule has 0 fully saturated rings. The fraction of sp³-hybridized carbons (Fsp3) is 0.294. The molecular weight excluding hydrogens is 218 g/mol. The minimum atomic E-state index is 0.625. The largest absolute Gasteiger partial charge is 0.364 e. The Morgan fingerprint density at radius 3 is 2.56 bits per heavy atom. The number of para-hydroxylation sites is 1. The summed E-state index contributed by atoms with van der Waals surface area (Å²) in [4.78, 5) is 2.54. The minimum Gasteiger partial charge on any atom is -0.364 e. The molecule has 0 aromatic heterocycles. The minimum absolute atomic E-state index is 0.625. The van der Waals surface area contributed by atoms with E-state index in [4.69, 9.17) is 0 Å². The SMILES string of the molecule is CC1CCc2ccccc2N1Cc1ccccc1. The zero-order valence-corrected chi connectivity index (χ0v) is 10.8. The van der Waals surface area contributed by atoms with E-state index in [1.165, 1.54) is 29.7 Å². The summed E-state index contributed by atoms with van der Waals surface area (Å²) in [5, 5.41) is 0. The second-order valence-corrected chi connectivity index (χ2v) is 5.13. The molecule has 1 unspecified atom stereocenters. The first-order valence-corrected chi connectivity index (χ1v) is 6.73. The number of aryl methyl sites for hydroxylation is 1. The Hall–Kier alpha value is -1.76. The van der Waals surface area contributed by atoms with Crippen LogP contribution in [-0.4, -0.2) is 6.04 Å². The lowest BCUT2D eigenvalue weighted by Crippen LogP contribution is -2.36. The van der Waals surface area contributed by atoms with Gasteiger partial charge in [-0.05, 0) is 37.0 Å². The smallest absolute Gasteiger partial charge is 0.0432 e. The Balaban J connectivity index is 1.91. The van der Waals surface area contributed by atoms with Gasteiger partial charge in [0.1, 0.15) is 0 Å². The van der Waals surface area contributed by atoms with Crippen molar-refractivity contribution in [3.05, 3.63) is 65.7 Å². The third kappa shape index (κ3) is 2.13. The van der Waals surface area contributed by atoms with Crippen LogP contribution in [0.4, 0.5) is 5.69 Å². The third-order valence-corrected chi connectivity index (χ3v) is 3.86. The second kappa shape index (κ2) is 4.85. The Kier molecular flexibility index (Phi) is 3.06. The van der Waals surface area contributed by atoms with Gasteiger partial charge >= 0.3 is 0 Å². The van der Waals surface area contributed by atoms with Crippen LogP contribution in [0.25, 0.3) is 0 Å². The molecule has 92 valence electrons. The van der Waals surface area contributed by atoms with E-state index in [1.807, 2.05) is 0 Å². The number of rotatable bonds is 2. The predicted octanol–water partition coefficient (Wildman–Crippen LogP) is 4.03. The molecule has 1 heterocycles. The normalized spacial score (nSPS) is 18.5. The van der Waals surface area contributed by atoms with Crippen molar-refractivity contribution in [3.63, 3.8) is 0 Å². The molecule has 0 aliphatic carbocycles. The van der Waals surface area contributed by atoms with Crippen LogP contribution in [0.15, 0.2) is 54.6 Å². The number of benzene rings is 2. The van der Waals surface area contributed by atoms with E-state index in [2.05, 4.69) is 66.4 Å². The molecule has 18 heavy (non-hydrogen) atoms. The van der Waals surface area contributed by atoms with Gasteiger partial charge in [0.05, 0.1) is 0 Å². The van der Waals surface area contributed by atoms with Crippen molar-refractivity contribution >= 4 is 5.69 Å². The number of nitrogens with zero attached hydrogens (tertiary/aromatic N) is 1. The van der Waals surface area contributed by atoms with Crippen molar-refractivity contribution in [1.29, 1.82) is 0 Å². The van der Waals surface area contributed by atoms with Crippen LogP contribution in [0.3, 0.4) is 0 Å². The van der Waals surface area contributed by atoms with Crippen LogP contribution >= 0.6 is 0 Å². The molecule has 0 saturated heterocycles. The van der Waals surface area contributed by atoms with Crippen molar-refractivity contribution in [2.45, 2.75) is 32.4 Å². The van der Waals surface area contributed by atoms with Gasteiger partial charge in [-0.1, -0.05) is 48.5 Å². The quantitative estimate of drug-likeness (QED) is 0.762. The van der Waals surface area contributed by atoms with Gasteiger partial charge in [0, 0.05) is 18.3 Å². The van der Waals surface area contributed by atoms with Crippen LogP contribution < -0.4 is 4.90 Å². The van der Waals surface area contributed by atoms with Crippen LogP contribution in [0.5, 0.6) is 0 Å². The summed E-state index contributed by atoms with van der Waals surface area (Å²) in [5.74, 6) is 0. The molecule has 0 N–H and O–H groups in total. The lowest BCUT2D eigenvalue weighted by Gasteiger charge is -2.37. The molecule has 2 aromatic carbocycles. The maximum absolute atomic E-state index is 2.54. The van der Waals surface area contributed by atoms with E-state index >= 15 is 0 Å². The maximum Gasteiger partial charge on any atom is 0.0432 e. The first-order chi connectivity index (χ1) is 8.84. The summed E-state index contributed by atoms with van der Waals surface area (Å²) in [6.07, 6.45) is 2.46. The Bertz CT molecular complexity index is 518. The molecule has 0 spiro atoms. The van der Waals surface area contributed by atoms with Crippen molar-refractivity contribution < 1.29 is 0 Å². The van der Waals surface area contributed by atoms with Gasteiger partial charge < -0.3 is 4.90 Å². The van der Waals surface area contributed by atoms with Crippen LogP contribution in [-0.2, 0) is 13.0 Å². The Labute approximate surface area is 109 Å². The van der Waals surface area contributed by atoms with E-state index in [9.17, 15) is 0 Å². The van der Waals surface area contributed by atoms with Gasteiger partial charge in [-0.2, -0.15) is 0 Å². The van der Waals surface area contributed by atoms with Crippen molar-refractivity contribution in [3.8, 4) is 0 Å². The molecular formula is C17H19N. The molecule has 1 atom stereocenters. The summed E-state index contributed by atoms with van der Waals surface area (Å²) >= 11 is 0. The standard InChI is InChI=1S/C17H19N/c1-14-11-12-16-9-5-6-10-17(16)18(14)13-15-7-3-2-4-8-15/h2-10,14H,11-13H2,1H3. The topological polar surface area (TPSA) is 3.24 Å². The molecule has 0 amide bonds. The number of anilines is 1. The number of hydrogen-bond acceptors (Lipinski definition) is 1. The van der Waals surface area contributed by atoms with Crippen molar-refractivity contribution in [1.82, 2.24) is 0 Å². The van der Waals surface area contributed by atoms with E-state index in [-0.39, 0.29) is 0 Å². The van der Waals surface area contributed by atoms with Gasteiger partial charge in [0.2, 0.25) is 0 Å². The van der Waals surface area contributed by atoms with E-state index < -0.39 is 0 Å². The maximum atomic E-state index is 2.54. The highest BCUT2D eigenvalue weighted by Crippen LogP contribution is 2.31. The molecule has 1 aliphatic rings. The van der Waals surface area contributed by atoms with Gasteiger partial charge in [0.25, 0.3) is 0 Å². The van der Waals surface area contributed by atoms with Crippen molar-refractivity contribution in [2.24, 2.45) is 0 Å². The van der Waals surface area contributed by atoms with E-state index in [1.54, 1.807) is 0 Å². The van der Waals surface area contributed by atoms with Gasteiger partial charge in [-0.25, -0.2) is 0 Å². The summed E-state index contributed by atoms with van der Waals surface area (Å²) < 4.78 is 0. The predicted molar refractivity (Wildman–Crippen MR) is 76.9 cm³/mol. The first-order valence-electron chi connectivity index (χ1n) is 6.73. The van der Waals surface area contributed by atoms with Gasteiger partial charge in [-0.3, -0.25) is 0 Å². The summed E-state index contributed by atoms with van der Waals surface area (Å²) in [7, 11) is 0. The van der Waals surface area contributed by atoms with Crippen LogP contribution in [0.1, 0.15) is 24.5 Å². The molecule has 0 bridgehead atoms. The Morgan fingerprint density at radius 1 is 1.00 bits per heavy atom. The lowest BCUT2D eigenvalue weighted by molar-refractivity contribution is 0.560. The molecule has 1 aliphatic heterocycles. The highest BCUT2D eigenvalue weighted by molar-refractivity contribution is 5.56. The molecule has 2 aromatic rings. The summed E-state index contributed by atoms with van der Waals surface area (Å²) in [6.45, 7) is 3.35. The number of fused-ring (bicyclic) bond motifs is 1. The molecule has 3 rings (SSSR count). The third-order valence-electron chi connectivity index (χ3n) is 3.86. The van der Waals surface area contributed by atoms with Gasteiger partial charge in [-0.15, -0.1) is 0 Å². The Morgan fingerprint density at radius 2 is 1.72 bits per heavy atom. The summed E-state index contributed by atoms with van der Waals surface area (Å²) in [6, 6.07) is 20.2. The fourth-order valence-electron chi connectivity index (χ4n) is 2.78. The number of hydrogen-bond donors (Lipinski definition) is 0. The highest BCUT2D eigenvalue weighted by atomic mass is 15.2. The van der Waals surface area contributed by atoms with E-state index in [0.29, 0.717) is 6.04 Å². The van der Waals surface area contributed by atoms with Gasteiger partial charge in [0.15, 0.2) is 0 Å². The highest BCUT2D eigenvalue weighted by Gasteiger charge is 2.22. The van der Waals surface area contributed by atoms with E-state index in [0.717, 1.165) is 6.54 Å². The molecule has 1 heteroatoms.